The number of non-ortho nitro benzene ring substituents is 1. The topological polar surface area (TPSA) is 107 Å². The minimum absolute atomic E-state index is 0.0766. The van der Waals surface area contributed by atoms with Crippen molar-refractivity contribution in [2.24, 2.45) is 17.8 Å². The van der Waals surface area contributed by atoms with Crippen molar-refractivity contribution in [1.82, 2.24) is 9.88 Å². The van der Waals surface area contributed by atoms with Crippen LogP contribution in [0.4, 0.5) is 5.69 Å². The molecule has 8 heteroatoms. The fraction of sp³-hybridized carbons (Fsp3) is 0.556. The molecule has 0 aliphatic heterocycles. The van der Waals surface area contributed by atoms with Crippen molar-refractivity contribution in [3.63, 3.8) is 0 Å². The second-order valence-electron chi connectivity index (χ2n) is 7.56. The molecule has 2 fully saturated rings. The number of carbonyl (C=O) groups is 1. The van der Waals surface area contributed by atoms with E-state index in [4.69, 9.17) is 4.42 Å². The summed E-state index contributed by atoms with van der Waals surface area (Å²) in [6.07, 6.45) is 5.00. The number of benzene rings is 1. The molecule has 1 N–H and O–H groups in total. The zero-order valence-electron chi connectivity index (χ0n) is 14.5. The third-order valence-electron chi connectivity index (χ3n) is 5.99. The number of rotatable bonds is 5. The highest BCUT2D eigenvalue weighted by molar-refractivity contribution is 5.80. The first-order valence-electron chi connectivity index (χ1n) is 8.99. The number of nitrogens with one attached hydrogen (secondary N) is 1. The summed E-state index contributed by atoms with van der Waals surface area (Å²) < 4.78 is 6.27. The van der Waals surface area contributed by atoms with E-state index in [0.29, 0.717) is 17.4 Å². The summed E-state index contributed by atoms with van der Waals surface area (Å²) in [6.45, 7) is 1.87. The van der Waals surface area contributed by atoms with Crippen molar-refractivity contribution >= 4 is 22.7 Å². The SMILES string of the molecule is CC(NC(=O)Cn1c(=O)oc2cc([N+](=O)[O-])ccc21)C1CC2CCC1C2. The summed E-state index contributed by atoms with van der Waals surface area (Å²) in [6, 6.07) is 4.00. The molecule has 1 heterocycles. The lowest BCUT2D eigenvalue weighted by molar-refractivity contribution is -0.384. The van der Waals surface area contributed by atoms with Gasteiger partial charge in [0.15, 0.2) is 5.58 Å². The zero-order valence-corrected chi connectivity index (χ0v) is 14.5. The van der Waals surface area contributed by atoms with Crippen molar-refractivity contribution in [3.05, 3.63) is 38.9 Å². The van der Waals surface area contributed by atoms with Gasteiger partial charge >= 0.3 is 5.76 Å². The first kappa shape index (κ1) is 16.8. The van der Waals surface area contributed by atoms with Gasteiger partial charge in [-0.3, -0.25) is 19.5 Å². The van der Waals surface area contributed by atoms with Crippen LogP contribution in [0.3, 0.4) is 0 Å². The largest absolute Gasteiger partial charge is 0.420 e. The summed E-state index contributed by atoms with van der Waals surface area (Å²) in [4.78, 5) is 34.8. The van der Waals surface area contributed by atoms with Crippen molar-refractivity contribution in [2.75, 3.05) is 0 Å². The van der Waals surface area contributed by atoms with Crippen LogP contribution in [0.2, 0.25) is 0 Å². The standard InChI is InChI=1S/C18H21N3O5/c1-10(14-7-11-2-3-12(14)6-11)19-17(22)9-20-15-5-4-13(21(24)25)8-16(15)26-18(20)23/h4-5,8,10-12,14H,2-3,6-7,9H2,1H3,(H,19,22). The van der Waals surface area contributed by atoms with Crippen LogP contribution in [0, 0.1) is 27.9 Å². The first-order valence-corrected chi connectivity index (χ1v) is 8.99. The average molecular weight is 359 g/mol. The van der Waals surface area contributed by atoms with Crippen LogP contribution in [0.25, 0.3) is 11.1 Å². The van der Waals surface area contributed by atoms with Gasteiger partial charge in [-0.1, -0.05) is 6.42 Å². The van der Waals surface area contributed by atoms with Gasteiger partial charge in [0.1, 0.15) is 6.54 Å². The first-order chi connectivity index (χ1) is 12.4. The molecule has 0 spiro atoms. The highest BCUT2D eigenvalue weighted by atomic mass is 16.6. The van der Waals surface area contributed by atoms with Crippen molar-refractivity contribution in [2.45, 2.75) is 45.2 Å². The van der Waals surface area contributed by atoms with E-state index in [1.54, 1.807) is 0 Å². The van der Waals surface area contributed by atoms with Gasteiger partial charge in [-0.2, -0.15) is 0 Å². The number of nitro benzene ring substituents is 1. The molecule has 2 saturated carbocycles. The molecule has 2 bridgehead atoms. The molecule has 2 aliphatic rings. The van der Waals surface area contributed by atoms with E-state index in [-0.39, 0.29) is 29.8 Å². The van der Waals surface area contributed by atoms with Gasteiger partial charge in [0.25, 0.3) is 5.69 Å². The molecular weight excluding hydrogens is 338 g/mol. The van der Waals surface area contributed by atoms with E-state index in [1.165, 1.54) is 48.4 Å². The third-order valence-corrected chi connectivity index (χ3v) is 5.99. The van der Waals surface area contributed by atoms with E-state index in [2.05, 4.69) is 5.32 Å². The minimum Gasteiger partial charge on any atom is -0.407 e. The number of oxazole rings is 1. The van der Waals surface area contributed by atoms with Crippen LogP contribution in [0.5, 0.6) is 0 Å². The Morgan fingerprint density at radius 1 is 1.42 bits per heavy atom. The number of fused-ring (bicyclic) bond motifs is 3. The Morgan fingerprint density at radius 3 is 2.88 bits per heavy atom. The molecule has 0 radical (unpaired) electrons. The van der Waals surface area contributed by atoms with Gasteiger partial charge in [0.2, 0.25) is 5.91 Å². The van der Waals surface area contributed by atoms with Crippen LogP contribution >= 0.6 is 0 Å². The second-order valence-corrected chi connectivity index (χ2v) is 7.56. The maximum absolute atomic E-state index is 12.4. The van der Waals surface area contributed by atoms with Crippen LogP contribution in [0.15, 0.2) is 27.4 Å². The number of nitrogens with zero attached hydrogens (tertiary/aromatic N) is 2. The van der Waals surface area contributed by atoms with Crippen molar-refractivity contribution < 1.29 is 14.1 Å². The molecule has 2 aromatic rings. The van der Waals surface area contributed by atoms with Crippen molar-refractivity contribution in [3.8, 4) is 0 Å². The highest BCUT2D eigenvalue weighted by Crippen LogP contribution is 2.49. The molecule has 26 heavy (non-hydrogen) atoms. The molecule has 138 valence electrons. The molecule has 2 aliphatic carbocycles. The maximum atomic E-state index is 12.4. The van der Waals surface area contributed by atoms with E-state index in [1.807, 2.05) is 6.92 Å². The van der Waals surface area contributed by atoms with E-state index < -0.39 is 10.7 Å². The van der Waals surface area contributed by atoms with Crippen LogP contribution in [-0.4, -0.2) is 21.4 Å². The van der Waals surface area contributed by atoms with Gasteiger partial charge in [-0.25, -0.2) is 4.79 Å². The Hall–Kier alpha value is -2.64. The normalized spacial score (nSPS) is 25.5. The molecule has 4 atom stereocenters. The summed E-state index contributed by atoms with van der Waals surface area (Å²) in [7, 11) is 0. The highest BCUT2D eigenvalue weighted by Gasteiger charge is 2.42. The number of nitro groups is 1. The lowest BCUT2D eigenvalue weighted by Crippen LogP contribution is -2.42. The fourth-order valence-corrected chi connectivity index (χ4v) is 4.77. The van der Waals surface area contributed by atoms with Gasteiger partial charge in [-0.15, -0.1) is 0 Å². The summed E-state index contributed by atoms with van der Waals surface area (Å²) in [5.41, 5.74) is 0.328. The van der Waals surface area contributed by atoms with Gasteiger partial charge in [0, 0.05) is 12.1 Å². The Morgan fingerprint density at radius 2 is 2.23 bits per heavy atom. The third kappa shape index (κ3) is 2.89. The molecule has 4 rings (SSSR count). The lowest BCUT2D eigenvalue weighted by Gasteiger charge is -2.28. The lowest BCUT2D eigenvalue weighted by atomic mass is 9.84. The number of hydrogen-bond donors (Lipinski definition) is 1. The zero-order chi connectivity index (χ0) is 18.4. The summed E-state index contributed by atoms with van der Waals surface area (Å²) >= 11 is 0. The number of amides is 1. The Kier molecular flexibility index (Phi) is 4.05. The van der Waals surface area contributed by atoms with Gasteiger partial charge in [0.05, 0.1) is 16.5 Å². The quantitative estimate of drug-likeness (QED) is 0.652. The molecule has 1 aromatic carbocycles. The monoisotopic (exact) mass is 359 g/mol. The maximum Gasteiger partial charge on any atom is 0.420 e. The predicted molar refractivity (Wildman–Crippen MR) is 93.7 cm³/mol. The molecule has 8 nitrogen and oxygen atoms in total. The average Bonchev–Trinajstić information content (AvgIpc) is 3.29. The van der Waals surface area contributed by atoms with E-state index in [9.17, 15) is 19.7 Å². The molecule has 1 amide bonds. The van der Waals surface area contributed by atoms with Crippen LogP contribution in [0.1, 0.15) is 32.6 Å². The molecule has 0 saturated heterocycles. The number of hydrogen-bond acceptors (Lipinski definition) is 5. The Bertz CT molecular complexity index is 931. The van der Waals surface area contributed by atoms with Gasteiger partial charge in [-0.05, 0) is 50.0 Å². The van der Waals surface area contributed by atoms with E-state index >= 15 is 0 Å². The number of aromatic nitrogens is 1. The number of carbonyl (C=O) groups excluding carboxylic acids is 1. The predicted octanol–water partition coefficient (Wildman–Crippen LogP) is 2.44. The van der Waals surface area contributed by atoms with Crippen molar-refractivity contribution in [1.29, 1.82) is 0 Å². The summed E-state index contributed by atoms with van der Waals surface area (Å²) in [5.74, 6) is 1.08. The smallest absolute Gasteiger partial charge is 0.407 e. The molecule has 1 aromatic heterocycles. The Labute approximate surface area is 149 Å². The Balaban J connectivity index is 1.48. The minimum atomic E-state index is -0.691. The summed E-state index contributed by atoms with van der Waals surface area (Å²) in [5, 5.41) is 13.8. The second kappa shape index (κ2) is 6.26. The fourth-order valence-electron chi connectivity index (χ4n) is 4.77. The molecular formula is C18H21N3O5. The van der Waals surface area contributed by atoms with Gasteiger partial charge < -0.3 is 9.73 Å². The van der Waals surface area contributed by atoms with E-state index in [0.717, 1.165) is 5.92 Å². The van der Waals surface area contributed by atoms with Crippen LogP contribution in [-0.2, 0) is 11.3 Å². The molecule has 4 unspecified atom stereocenters. The van der Waals surface area contributed by atoms with Crippen LogP contribution < -0.4 is 11.1 Å².